The number of thioether (sulfide) groups is 1. The number of carbonyl (C=O) groups excluding carboxylic acids is 1. The van der Waals surface area contributed by atoms with E-state index in [1.807, 2.05) is 41.9 Å². The molecule has 0 saturated carbocycles. The highest BCUT2D eigenvalue weighted by molar-refractivity contribution is 8.03. The zero-order chi connectivity index (χ0) is 19.3. The van der Waals surface area contributed by atoms with E-state index in [1.54, 1.807) is 6.92 Å². The number of amides is 1. The van der Waals surface area contributed by atoms with Gasteiger partial charge in [0.15, 0.2) is 0 Å². The number of aliphatic hydroxyl groups excluding tert-OH is 1. The third kappa shape index (κ3) is 2.74. The number of fused-ring (bicyclic) bond motifs is 2. The average Bonchev–Trinajstić information content (AvgIpc) is 3.13. The minimum absolute atomic E-state index is 0.0811. The number of carboxylic acids is 1. The minimum atomic E-state index is -1.08. The van der Waals surface area contributed by atoms with Crippen molar-refractivity contribution in [3.05, 3.63) is 46.9 Å². The Kier molecular flexibility index (Phi) is 4.47. The van der Waals surface area contributed by atoms with E-state index in [0.29, 0.717) is 5.75 Å². The summed E-state index contributed by atoms with van der Waals surface area (Å²) in [5, 5.41) is 19.5. The smallest absolute Gasteiger partial charge is 0.353 e. The fraction of sp³-hybridized carbons (Fsp3) is 0.421. The number of imidazole rings is 1. The van der Waals surface area contributed by atoms with Crippen molar-refractivity contribution in [1.82, 2.24) is 14.3 Å². The molecule has 1 saturated heterocycles. The van der Waals surface area contributed by atoms with E-state index in [0.717, 1.165) is 22.7 Å². The number of nitrogens with zero attached hydrogens (tertiary/aromatic N) is 3. The van der Waals surface area contributed by atoms with Gasteiger partial charge in [-0.15, -0.1) is 11.8 Å². The number of β-lactam (4-membered cyclic amide) rings is 1. The molecule has 7 nitrogen and oxygen atoms in total. The second-order valence-electron chi connectivity index (χ2n) is 7.05. The van der Waals surface area contributed by atoms with Crippen molar-refractivity contribution in [3.63, 3.8) is 0 Å². The van der Waals surface area contributed by atoms with Gasteiger partial charge < -0.3 is 19.5 Å². The van der Waals surface area contributed by atoms with Crippen molar-refractivity contribution in [2.45, 2.75) is 32.4 Å². The van der Waals surface area contributed by atoms with Gasteiger partial charge in [0.2, 0.25) is 5.91 Å². The molecule has 2 aromatic heterocycles. The van der Waals surface area contributed by atoms with Crippen LogP contribution in [0.2, 0.25) is 0 Å². The summed E-state index contributed by atoms with van der Waals surface area (Å²) >= 11 is 1.48. The van der Waals surface area contributed by atoms with E-state index in [1.165, 1.54) is 16.7 Å². The molecular formula is C19H21N3O4S. The van der Waals surface area contributed by atoms with Gasteiger partial charge >= 0.3 is 5.97 Å². The summed E-state index contributed by atoms with van der Waals surface area (Å²) in [6.07, 6.45) is 3.75. The first-order valence-electron chi connectivity index (χ1n) is 8.94. The summed E-state index contributed by atoms with van der Waals surface area (Å²) in [6.45, 7) is 3.52. The van der Waals surface area contributed by atoms with Gasteiger partial charge in [0.05, 0.1) is 18.1 Å². The van der Waals surface area contributed by atoms with Crippen LogP contribution in [0.4, 0.5) is 0 Å². The molecule has 142 valence electrons. The Morgan fingerprint density at radius 2 is 2.19 bits per heavy atom. The van der Waals surface area contributed by atoms with Crippen LogP contribution in [0.1, 0.15) is 19.5 Å². The first-order valence-corrected chi connectivity index (χ1v) is 9.92. The number of aryl methyl sites for hydroxylation is 1. The number of hydrogen-bond acceptors (Lipinski definition) is 5. The summed E-state index contributed by atoms with van der Waals surface area (Å²) in [5.41, 5.74) is 2.02. The van der Waals surface area contributed by atoms with E-state index in [-0.39, 0.29) is 23.6 Å². The fourth-order valence-electron chi connectivity index (χ4n) is 4.15. The van der Waals surface area contributed by atoms with Crippen LogP contribution in [0.25, 0.3) is 5.65 Å². The molecule has 0 spiro atoms. The summed E-state index contributed by atoms with van der Waals surface area (Å²) < 4.78 is 2.02. The standard InChI is InChI=1S/C19H21N3O4S/c1-10-15-14(11(2)23)18(24)22(15)16(19(25)26)17(10)27-8-6-12-9-20-13-5-3-4-7-21(12)13/h3-5,7,9-11,14-15,23H,6,8H2,1-2H3,(H,25,26)/t10-,11-,14-,15-/m1/s1. The molecule has 0 radical (unpaired) electrons. The molecular weight excluding hydrogens is 366 g/mol. The fourth-order valence-corrected chi connectivity index (χ4v) is 5.41. The molecule has 1 fully saturated rings. The molecule has 2 N–H and O–H groups in total. The van der Waals surface area contributed by atoms with Gasteiger partial charge in [0.1, 0.15) is 11.3 Å². The van der Waals surface area contributed by atoms with E-state index in [9.17, 15) is 19.8 Å². The summed E-state index contributed by atoms with van der Waals surface area (Å²) in [5.74, 6) is -1.31. The number of rotatable bonds is 6. The van der Waals surface area contributed by atoms with Crippen molar-refractivity contribution in [3.8, 4) is 0 Å². The van der Waals surface area contributed by atoms with E-state index >= 15 is 0 Å². The monoisotopic (exact) mass is 387 g/mol. The number of pyridine rings is 1. The van der Waals surface area contributed by atoms with Crippen LogP contribution in [0.3, 0.4) is 0 Å². The van der Waals surface area contributed by atoms with Crippen LogP contribution in [-0.2, 0) is 16.0 Å². The summed E-state index contributed by atoms with van der Waals surface area (Å²) in [6, 6.07) is 5.56. The third-order valence-corrected chi connectivity index (χ3v) is 6.70. The average molecular weight is 387 g/mol. The molecule has 0 unspecified atom stereocenters. The van der Waals surface area contributed by atoms with Crippen molar-refractivity contribution in [2.24, 2.45) is 11.8 Å². The van der Waals surface area contributed by atoms with E-state index in [4.69, 9.17) is 0 Å². The highest BCUT2D eigenvalue weighted by atomic mass is 32.2. The predicted octanol–water partition coefficient (Wildman–Crippen LogP) is 1.76. The quantitative estimate of drug-likeness (QED) is 0.734. The van der Waals surface area contributed by atoms with Crippen LogP contribution < -0.4 is 0 Å². The first-order chi connectivity index (χ1) is 12.9. The first kappa shape index (κ1) is 18.1. The van der Waals surface area contributed by atoms with Crippen molar-refractivity contribution >= 4 is 29.3 Å². The maximum atomic E-state index is 12.3. The van der Waals surface area contributed by atoms with Gasteiger partial charge in [-0.1, -0.05) is 13.0 Å². The maximum absolute atomic E-state index is 12.3. The Morgan fingerprint density at radius 3 is 2.89 bits per heavy atom. The van der Waals surface area contributed by atoms with Gasteiger partial charge in [0, 0.05) is 34.7 Å². The number of carboxylic acid groups (broad SMARTS) is 1. The Balaban J connectivity index is 1.52. The summed E-state index contributed by atoms with van der Waals surface area (Å²) in [4.78, 5) is 30.6. The molecule has 4 heterocycles. The van der Waals surface area contributed by atoms with Crippen LogP contribution in [-0.4, -0.2) is 54.3 Å². The molecule has 2 aliphatic rings. The Bertz CT molecular complexity index is 951. The van der Waals surface area contributed by atoms with Crippen molar-refractivity contribution in [1.29, 1.82) is 0 Å². The lowest BCUT2D eigenvalue weighted by molar-refractivity contribution is -0.163. The number of carbonyl (C=O) groups is 2. The minimum Gasteiger partial charge on any atom is -0.477 e. The normalized spacial score (nSPS) is 25.7. The highest BCUT2D eigenvalue weighted by Crippen LogP contribution is 2.50. The molecule has 27 heavy (non-hydrogen) atoms. The van der Waals surface area contributed by atoms with E-state index < -0.39 is 18.0 Å². The second kappa shape index (κ2) is 6.69. The molecule has 0 aliphatic carbocycles. The molecule has 1 amide bonds. The van der Waals surface area contributed by atoms with Crippen LogP contribution in [0.15, 0.2) is 41.2 Å². The zero-order valence-electron chi connectivity index (χ0n) is 15.1. The second-order valence-corrected chi connectivity index (χ2v) is 8.19. The number of aliphatic carboxylic acids is 1. The van der Waals surface area contributed by atoms with Gasteiger partial charge in [-0.2, -0.15) is 0 Å². The lowest BCUT2D eigenvalue weighted by atomic mass is 9.79. The number of aromatic nitrogens is 2. The Hall–Kier alpha value is -2.32. The van der Waals surface area contributed by atoms with Gasteiger partial charge in [-0.3, -0.25) is 4.79 Å². The molecule has 4 atom stereocenters. The lowest BCUT2D eigenvalue weighted by Gasteiger charge is -2.46. The molecule has 0 aromatic carbocycles. The number of hydrogen-bond donors (Lipinski definition) is 2. The molecule has 2 aromatic rings. The molecule has 4 rings (SSSR count). The predicted molar refractivity (Wildman–Crippen MR) is 101 cm³/mol. The van der Waals surface area contributed by atoms with E-state index in [2.05, 4.69) is 4.98 Å². The molecule has 2 aliphatic heterocycles. The lowest BCUT2D eigenvalue weighted by Crippen LogP contribution is -2.63. The van der Waals surface area contributed by atoms with Crippen LogP contribution >= 0.6 is 11.8 Å². The molecule has 0 bridgehead atoms. The Labute approximate surface area is 160 Å². The Morgan fingerprint density at radius 1 is 1.41 bits per heavy atom. The van der Waals surface area contributed by atoms with Gasteiger partial charge in [-0.25, -0.2) is 9.78 Å². The van der Waals surface area contributed by atoms with Gasteiger partial charge in [0.25, 0.3) is 0 Å². The molecule has 8 heteroatoms. The third-order valence-electron chi connectivity index (χ3n) is 5.42. The van der Waals surface area contributed by atoms with Crippen LogP contribution in [0, 0.1) is 11.8 Å². The SMILES string of the molecule is C[C@@H](O)[C@H]1C(=O)N2C(C(=O)O)=C(SCCc3cnc4ccccn34)[C@H](C)[C@H]12. The van der Waals surface area contributed by atoms with Crippen molar-refractivity contribution in [2.75, 3.05) is 5.75 Å². The largest absolute Gasteiger partial charge is 0.477 e. The zero-order valence-corrected chi connectivity index (χ0v) is 15.9. The topological polar surface area (TPSA) is 95.1 Å². The van der Waals surface area contributed by atoms with Crippen LogP contribution in [0.5, 0.6) is 0 Å². The highest BCUT2D eigenvalue weighted by Gasteiger charge is 2.59. The van der Waals surface area contributed by atoms with Crippen molar-refractivity contribution < 1.29 is 19.8 Å². The maximum Gasteiger partial charge on any atom is 0.353 e. The number of aliphatic hydroxyl groups is 1. The summed E-state index contributed by atoms with van der Waals surface area (Å²) in [7, 11) is 0. The van der Waals surface area contributed by atoms with Gasteiger partial charge in [-0.05, 0) is 25.5 Å².